The van der Waals surface area contributed by atoms with E-state index >= 15 is 0 Å². The lowest BCUT2D eigenvalue weighted by molar-refractivity contribution is 0.263. The number of rotatable bonds is 1. The van der Waals surface area contributed by atoms with E-state index in [0.29, 0.717) is 0 Å². The Bertz CT molecular complexity index is 436. The first-order valence-corrected chi connectivity index (χ1v) is 6.89. The van der Waals surface area contributed by atoms with Crippen LogP contribution in [0.4, 0.5) is 5.69 Å². The SMILES string of the molecule is Cc1ccc(Cl)cc1N1C(C)(C)CNCC1(C)C. The van der Waals surface area contributed by atoms with Crippen LogP contribution in [0.5, 0.6) is 0 Å². The highest BCUT2D eigenvalue weighted by atomic mass is 35.5. The maximum atomic E-state index is 6.18. The zero-order valence-corrected chi connectivity index (χ0v) is 12.7. The molecule has 1 heterocycles. The molecule has 1 aromatic carbocycles. The van der Waals surface area contributed by atoms with Crippen LogP contribution in [0.15, 0.2) is 18.2 Å². The Morgan fingerprint density at radius 2 is 1.67 bits per heavy atom. The average Bonchev–Trinajstić information content (AvgIpc) is 2.20. The standard InChI is InChI=1S/C15H23ClN2/c1-11-6-7-12(16)8-13(11)18-14(2,3)9-17-10-15(18,4)5/h6-8,17H,9-10H2,1-5H3. The van der Waals surface area contributed by atoms with Crippen molar-refractivity contribution in [2.45, 2.75) is 45.7 Å². The summed E-state index contributed by atoms with van der Waals surface area (Å²) in [5.74, 6) is 0. The number of benzene rings is 1. The van der Waals surface area contributed by atoms with Gasteiger partial charge in [0.25, 0.3) is 0 Å². The van der Waals surface area contributed by atoms with Crippen molar-refractivity contribution in [3.05, 3.63) is 28.8 Å². The minimum absolute atomic E-state index is 0.0805. The van der Waals surface area contributed by atoms with Crippen molar-refractivity contribution in [2.24, 2.45) is 0 Å². The van der Waals surface area contributed by atoms with Gasteiger partial charge in [-0.25, -0.2) is 0 Å². The molecule has 2 rings (SSSR count). The van der Waals surface area contributed by atoms with Gasteiger partial charge in [0.05, 0.1) is 0 Å². The second-order valence-electron chi connectivity index (χ2n) is 6.49. The lowest BCUT2D eigenvalue weighted by atomic mass is 9.87. The van der Waals surface area contributed by atoms with E-state index in [-0.39, 0.29) is 11.1 Å². The lowest BCUT2D eigenvalue weighted by Gasteiger charge is -2.55. The molecule has 0 atom stereocenters. The molecule has 1 aromatic rings. The van der Waals surface area contributed by atoms with Crippen molar-refractivity contribution < 1.29 is 0 Å². The molecule has 0 radical (unpaired) electrons. The molecule has 0 aromatic heterocycles. The Hall–Kier alpha value is -0.730. The summed E-state index contributed by atoms with van der Waals surface area (Å²) in [5, 5.41) is 4.33. The quantitative estimate of drug-likeness (QED) is 0.835. The van der Waals surface area contributed by atoms with Gasteiger partial charge in [-0.05, 0) is 52.3 Å². The van der Waals surface area contributed by atoms with Gasteiger partial charge in [-0.2, -0.15) is 0 Å². The van der Waals surface area contributed by atoms with Crippen LogP contribution >= 0.6 is 11.6 Å². The van der Waals surface area contributed by atoms with E-state index in [0.717, 1.165) is 18.1 Å². The van der Waals surface area contributed by atoms with E-state index in [2.05, 4.69) is 57.0 Å². The number of halogens is 1. The molecule has 18 heavy (non-hydrogen) atoms. The number of hydrogen-bond acceptors (Lipinski definition) is 2. The van der Waals surface area contributed by atoms with Crippen LogP contribution in [0.25, 0.3) is 0 Å². The fourth-order valence-corrected chi connectivity index (χ4v) is 3.29. The third kappa shape index (κ3) is 2.36. The maximum absolute atomic E-state index is 6.18. The van der Waals surface area contributed by atoms with Crippen LogP contribution in [0.1, 0.15) is 33.3 Å². The molecule has 0 bridgehead atoms. The Labute approximate surface area is 115 Å². The monoisotopic (exact) mass is 266 g/mol. The first-order valence-electron chi connectivity index (χ1n) is 6.51. The second-order valence-corrected chi connectivity index (χ2v) is 6.93. The van der Waals surface area contributed by atoms with Gasteiger partial charge < -0.3 is 10.2 Å². The Morgan fingerprint density at radius 3 is 2.22 bits per heavy atom. The fraction of sp³-hybridized carbons (Fsp3) is 0.600. The molecular formula is C15H23ClN2. The molecule has 3 heteroatoms. The van der Waals surface area contributed by atoms with E-state index in [1.54, 1.807) is 0 Å². The fourth-order valence-electron chi connectivity index (χ4n) is 3.13. The highest BCUT2D eigenvalue weighted by Gasteiger charge is 2.41. The number of hydrogen-bond donors (Lipinski definition) is 1. The van der Waals surface area contributed by atoms with E-state index in [1.807, 2.05) is 6.07 Å². The van der Waals surface area contributed by atoms with Gasteiger partial charge in [-0.15, -0.1) is 0 Å². The van der Waals surface area contributed by atoms with Gasteiger partial charge in [-0.3, -0.25) is 0 Å². The maximum Gasteiger partial charge on any atom is 0.0476 e. The van der Waals surface area contributed by atoms with Crippen LogP contribution in [0.2, 0.25) is 5.02 Å². The topological polar surface area (TPSA) is 15.3 Å². The number of aryl methyl sites for hydroxylation is 1. The van der Waals surface area contributed by atoms with Crippen molar-refractivity contribution in [2.75, 3.05) is 18.0 Å². The molecule has 1 aliphatic heterocycles. The number of anilines is 1. The molecule has 100 valence electrons. The minimum Gasteiger partial charge on any atom is -0.358 e. The van der Waals surface area contributed by atoms with Gasteiger partial charge in [-0.1, -0.05) is 17.7 Å². The molecule has 0 aliphatic carbocycles. The molecule has 1 saturated heterocycles. The van der Waals surface area contributed by atoms with Gasteiger partial charge in [0.1, 0.15) is 0 Å². The van der Waals surface area contributed by atoms with E-state index < -0.39 is 0 Å². The van der Waals surface area contributed by atoms with Gasteiger partial charge >= 0.3 is 0 Å². The van der Waals surface area contributed by atoms with E-state index in [4.69, 9.17) is 11.6 Å². The normalized spacial score (nSPS) is 22.0. The molecule has 0 saturated carbocycles. The van der Waals surface area contributed by atoms with Crippen molar-refractivity contribution in [3.8, 4) is 0 Å². The molecule has 1 N–H and O–H groups in total. The summed E-state index contributed by atoms with van der Waals surface area (Å²) in [6.45, 7) is 13.2. The third-order valence-corrected chi connectivity index (χ3v) is 3.97. The van der Waals surface area contributed by atoms with Crippen molar-refractivity contribution in [3.63, 3.8) is 0 Å². The van der Waals surface area contributed by atoms with Gasteiger partial charge in [0, 0.05) is 34.9 Å². The predicted octanol–water partition coefficient (Wildman–Crippen LogP) is 3.62. The summed E-state index contributed by atoms with van der Waals surface area (Å²) in [7, 11) is 0. The molecule has 1 aliphatic rings. The van der Waals surface area contributed by atoms with Crippen LogP contribution in [0.3, 0.4) is 0 Å². The molecule has 1 fully saturated rings. The zero-order chi connectivity index (χ0) is 13.6. The van der Waals surface area contributed by atoms with Crippen LogP contribution in [-0.2, 0) is 0 Å². The predicted molar refractivity (Wildman–Crippen MR) is 79.7 cm³/mol. The van der Waals surface area contributed by atoms with Gasteiger partial charge in [0.2, 0.25) is 0 Å². The summed E-state index contributed by atoms with van der Waals surface area (Å²) in [6, 6.07) is 6.15. The van der Waals surface area contributed by atoms with Crippen LogP contribution in [0, 0.1) is 6.92 Å². The third-order valence-electron chi connectivity index (χ3n) is 3.74. The Morgan fingerprint density at radius 1 is 1.11 bits per heavy atom. The number of nitrogens with one attached hydrogen (secondary N) is 1. The molecular weight excluding hydrogens is 244 g/mol. The van der Waals surface area contributed by atoms with Gasteiger partial charge in [0.15, 0.2) is 0 Å². The molecule has 0 amide bonds. The second kappa shape index (κ2) is 4.43. The summed E-state index contributed by atoms with van der Waals surface area (Å²) >= 11 is 6.18. The van der Waals surface area contributed by atoms with Crippen molar-refractivity contribution in [1.29, 1.82) is 0 Å². The summed E-state index contributed by atoms with van der Waals surface area (Å²) in [6.07, 6.45) is 0. The summed E-state index contributed by atoms with van der Waals surface area (Å²) in [5.41, 5.74) is 2.69. The first kappa shape index (κ1) is 13.7. The summed E-state index contributed by atoms with van der Waals surface area (Å²) in [4.78, 5) is 2.51. The average molecular weight is 267 g/mol. The lowest BCUT2D eigenvalue weighted by Crippen LogP contribution is -2.68. The highest BCUT2D eigenvalue weighted by molar-refractivity contribution is 6.30. The Balaban J connectivity index is 2.54. The number of piperazine rings is 1. The van der Waals surface area contributed by atoms with Crippen molar-refractivity contribution >= 4 is 17.3 Å². The zero-order valence-electron chi connectivity index (χ0n) is 12.0. The highest BCUT2D eigenvalue weighted by Crippen LogP contribution is 2.37. The Kier molecular flexibility index (Phi) is 3.37. The van der Waals surface area contributed by atoms with Crippen molar-refractivity contribution in [1.82, 2.24) is 5.32 Å². The molecule has 0 unspecified atom stereocenters. The number of nitrogens with zero attached hydrogens (tertiary/aromatic N) is 1. The smallest absolute Gasteiger partial charge is 0.0476 e. The largest absolute Gasteiger partial charge is 0.358 e. The van der Waals surface area contributed by atoms with Crippen LogP contribution < -0.4 is 10.2 Å². The van der Waals surface area contributed by atoms with E-state index in [1.165, 1.54) is 11.3 Å². The minimum atomic E-state index is 0.0805. The summed E-state index contributed by atoms with van der Waals surface area (Å²) < 4.78 is 0. The molecule has 0 spiro atoms. The van der Waals surface area contributed by atoms with E-state index in [9.17, 15) is 0 Å². The van der Waals surface area contributed by atoms with Crippen LogP contribution in [-0.4, -0.2) is 24.2 Å². The molecule has 2 nitrogen and oxygen atoms in total. The first-order chi connectivity index (χ1) is 8.24.